The van der Waals surface area contributed by atoms with E-state index in [0.29, 0.717) is 5.75 Å². The number of nitrogens with one attached hydrogen (secondary N) is 1. The first kappa shape index (κ1) is 10.8. The van der Waals surface area contributed by atoms with Crippen molar-refractivity contribution in [2.24, 2.45) is 0 Å². The van der Waals surface area contributed by atoms with Gasteiger partial charge in [0.05, 0.1) is 6.20 Å². The van der Waals surface area contributed by atoms with Crippen LogP contribution in [0.1, 0.15) is 5.69 Å². The van der Waals surface area contributed by atoms with Crippen LogP contribution < -0.4 is 4.74 Å². The SMILES string of the molecule is Cc1ccc(OCC(F)(F)C[NH-])cn1. The van der Waals surface area contributed by atoms with Crippen LogP contribution in [0, 0.1) is 6.92 Å². The number of ether oxygens (including phenoxy) is 1. The van der Waals surface area contributed by atoms with Gasteiger partial charge in [-0.2, -0.15) is 0 Å². The first-order valence-corrected chi connectivity index (χ1v) is 4.11. The molecule has 0 amide bonds. The van der Waals surface area contributed by atoms with E-state index in [1.165, 1.54) is 6.20 Å². The second-order valence-corrected chi connectivity index (χ2v) is 2.96. The highest BCUT2D eigenvalue weighted by Crippen LogP contribution is 2.16. The van der Waals surface area contributed by atoms with Crippen LogP contribution in [0.2, 0.25) is 0 Å². The highest BCUT2D eigenvalue weighted by Gasteiger charge is 2.23. The summed E-state index contributed by atoms with van der Waals surface area (Å²) in [4.78, 5) is 3.89. The number of pyridine rings is 1. The van der Waals surface area contributed by atoms with Crippen LogP contribution in [0.3, 0.4) is 0 Å². The van der Waals surface area contributed by atoms with Crippen molar-refractivity contribution in [3.63, 3.8) is 0 Å². The molecule has 1 heterocycles. The van der Waals surface area contributed by atoms with E-state index in [4.69, 9.17) is 10.5 Å². The summed E-state index contributed by atoms with van der Waals surface area (Å²) in [5, 5.41) is 0. The topological polar surface area (TPSA) is 45.9 Å². The molecule has 14 heavy (non-hydrogen) atoms. The van der Waals surface area contributed by atoms with Crippen LogP contribution in [0.5, 0.6) is 5.75 Å². The zero-order chi connectivity index (χ0) is 10.6. The molecule has 0 saturated carbocycles. The maximum absolute atomic E-state index is 12.6. The van der Waals surface area contributed by atoms with Gasteiger partial charge < -0.3 is 10.5 Å². The molecule has 0 saturated heterocycles. The molecule has 1 aromatic rings. The Hall–Kier alpha value is -1.23. The first-order chi connectivity index (χ1) is 6.53. The Morgan fingerprint density at radius 1 is 1.50 bits per heavy atom. The standard InChI is InChI=1S/C9H11F2N2O/c1-7-2-3-8(4-13-7)14-6-9(10,11)5-12/h2-4,12H,5-6H2,1H3/q-1. The molecule has 5 heteroatoms. The lowest BCUT2D eigenvalue weighted by atomic mass is 10.3. The van der Waals surface area contributed by atoms with E-state index >= 15 is 0 Å². The largest absolute Gasteiger partial charge is 0.672 e. The lowest BCUT2D eigenvalue weighted by molar-refractivity contribution is -0.0251. The van der Waals surface area contributed by atoms with Gasteiger partial charge in [0.25, 0.3) is 5.92 Å². The smallest absolute Gasteiger partial charge is 0.263 e. The van der Waals surface area contributed by atoms with Gasteiger partial charge in [-0.05, 0) is 19.1 Å². The van der Waals surface area contributed by atoms with Crippen LogP contribution in [0.25, 0.3) is 5.73 Å². The summed E-state index contributed by atoms with van der Waals surface area (Å²) in [5.74, 6) is -2.80. The Kier molecular flexibility index (Phi) is 3.35. The Labute approximate surface area is 80.9 Å². The molecule has 0 radical (unpaired) electrons. The van der Waals surface area contributed by atoms with E-state index in [9.17, 15) is 8.78 Å². The summed E-state index contributed by atoms with van der Waals surface area (Å²) in [6.07, 6.45) is 1.38. The van der Waals surface area contributed by atoms with Crippen LogP contribution >= 0.6 is 0 Å². The molecule has 0 atom stereocenters. The lowest BCUT2D eigenvalue weighted by Gasteiger charge is -2.18. The van der Waals surface area contributed by atoms with Crippen molar-refractivity contribution >= 4 is 0 Å². The van der Waals surface area contributed by atoms with Gasteiger partial charge in [0.2, 0.25) is 0 Å². The van der Waals surface area contributed by atoms with Crippen molar-refractivity contribution in [2.75, 3.05) is 13.2 Å². The van der Waals surface area contributed by atoms with Gasteiger partial charge in [-0.3, -0.25) is 4.98 Å². The molecule has 0 aromatic carbocycles. The second kappa shape index (κ2) is 4.32. The fourth-order valence-electron chi connectivity index (χ4n) is 0.780. The molecule has 0 fully saturated rings. The average molecular weight is 201 g/mol. The van der Waals surface area contributed by atoms with Crippen LogP contribution in [0.15, 0.2) is 18.3 Å². The molecule has 0 aliphatic heterocycles. The third-order valence-electron chi connectivity index (χ3n) is 1.59. The predicted octanol–water partition coefficient (Wildman–Crippen LogP) is 2.46. The zero-order valence-electron chi connectivity index (χ0n) is 7.76. The summed E-state index contributed by atoms with van der Waals surface area (Å²) in [5.41, 5.74) is 7.36. The zero-order valence-corrected chi connectivity index (χ0v) is 7.76. The monoisotopic (exact) mass is 201 g/mol. The van der Waals surface area contributed by atoms with Crippen molar-refractivity contribution in [1.29, 1.82) is 0 Å². The van der Waals surface area contributed by atoms with E-state index < -0.39 is 19.1 Å². The minimum absolute atomic E-state index is 0.295. The molecule has 1 aromatic heterocycles. The van der Waals surface area contributed by atoms with E-state index in [2.05, 4.69) is 4.98 Å². The van der Waals surface area contributed by atoms with Crippen LogP contribution in [-0.4, -0.2) is 24.1 Å². The molecule has 0 unspecified atom stereocenters. The van der Waals surface area contributed by atoms with Crippen LogP contribution in [-0.2, 0) is 0 Å². The van der Waals surface area contributed by atoms with E-state index in [1.54, 1.807) is 19.1 Å². The van der Waals surface area contributed by atoms with Gasteiger partial charge in [-0.25, -0.2) is 8.78 Å². The Morgan fingerprint density at radius 2 is 2.21 bits per heavy atom. The molecule has 0 aliphatic rings. The van der Waals surface area contributed by atoms with E-state index in [1.807, 2.05) is 0 Å². The summed E-state index contributed by atoms with van der Waals surface area (Å²) in [6, 6.07) is 3.25. The third-order valence-corrected chi connectivity index (χ3v) is 1.59. The van der Waals surface area contributed by atoms with Crippen LogP contribution in [0.4, 0.5) is 8.78 Å². The maximum atomic E-state index is 12.6. The van der Waals surface area contributed by atoms with Gasteiger partial charge in [-0.15, -0.1) is 0 Å². The van der Waals surface area contributed by atoms with Gasteiger partial charge in [0.1, 0.15) is 12.4 Å². The molecule has 3 nitrogen and oxygen atoms in total. The minimum atomic E-state index is -3.09. The fourth-order valence-corrected chi connectivity index (χ4v) is 0.780. The second-order valence-electron chi connectivity index (χ2n) is 2.96. The Balaban J connectivity index is 2.50. The number of nitrogens with zero attached hydrogens (tertiary/aromatic N) is 1. The average Bonchev–Trinajstić information content (AvgIpc) is 2.17. The predicted molar refractivity (Wildman–Crippen MR) is 48.6 cm³/mol. The van der Waals surface area contributed by atoms with Crippen molar-refractivity contribution in [3.8, 4) is 5.75 Å². The number of hydrogen-bond acceptors (Lipinski definition) is 2. The molecule has 0 aliphatic carbocycles. The Bertz CT molecular complexity index is 287. The van der Waals surface area contributed by atoms with E-state index in [-0.39, 0.29) is 0 Å². The molecular formula is C9H11F2N2O-. The molecule has 1 rings (SSSR count). The van der Waals surface area contributed by atoms with Crippen molar-refractivity contribution < 1.29 is 13.5 Å². The summed E-state index contributed by atoms with van der Waals surface area (Å²) < 4.78 is 30.0. The minimum Gasteiger partial charge on any atom is -0.672 e. The maximum Gasteiger partial charge on any atom is 0.263 e. The molecular weight excluding hydrogens is 190 g/mol. The molecule has 0 spiro atoms. The van der Waals surface area contributed by atoms with Gasteiger partial charge >= 0.3 is 0 Å². The normalized spacial score (nSPS) is 11.4. The van der Waals surface area contributed by atoms with E-state index in [0.717, 1.165) is 5.69 Å². The van der Waals surface area contributed by atoms with Crippen molar-refractivity contribution in [1.82, 2.24) is 4.98 Å². The van der Waals surface area contributed by atoms with Crippen molar-refractivity contribution in [2.45, 2.75) is 12.8 Å². The number of aryl methyl sites for hydroxylation is 1. The Morgan fingerprint density at radius 3 is 2.71 bits per heavy atom. The number of alkyl halides is 2. The molecule has 0 bridgehead atoms. The fraction of sp³-hybridized carbons (Fsp3) is 0.444. The van der Waals surface area contributed by atoms with Gasteiger partial charge in [0.15, 0.2) is 0 Å². The number of halogens is 2. The first-order valence-electron chi connectivity index (χ1n) is 4.11. The number of hydrogen-bond donors (Lipinski definition) is 0. The van der Waals surface area contributed by atoms with Gasteiger partial charge in [-0.1, -0.05) is 6.54 Å². The highest BCUT2D eigenvalue weighted by atomic mass is 19.3. The number of rotatable bonds is 4. The summed E-state index contributed by atoms with van der Waals surface area (Å²) in [7, 11) is 0. The van der Waals surface area contributed by atoms with Crippen molar-refractivity contribution in [3.05, 3.63) is 29.8 Å². The highest BCUT2D eigenvalue weighted by molar-refractivity contribution is 5.19. The lowest BCUT2D eigenvalue weighted by Crippen LogP contribution is -2.28. The quantitative estimate of drug-likeness (QED) is 0.751. The van der Waals surface area contributed by atoms with Gasteiger partial charge in [0, 0.05) is 5.69 Å². The number of aromatic nitrogens is 1. The summed E-state index contributed by atoms with van der Waals surface area (Å²) >= 11 is 0. The molecule has 1 N–H and O–H groups in total. The summed E-state index contributed by atoms with van der Waals surface area (Å²) in [6.45, 7) is 0.0513. The molecule has 78 valence electrons. The third kappa shape index (κ3) is 3.26.